The second-order valence-electron chi connectivity index (χ2n) is 7.57. The van der Waals surface area contributed by atoms with Crippen LogP contribution in [0.15, 0.2) is 48.5 Å². The van der Waals surface area contributed by atoms with E-state index in [1.54, 1.807) is 18.2 Å². The summed E-state index contributed by atoms with van der Waals surface area (Å²) >= 11 is 0. The summed E-state index contributed by atoms with van der Waals surface area (Å²) < 4.78 is 25.6. The van der Waals surface area contributed by atoms with E-state index >= 15 is 0 Å². The summed E-state index contributed by atoms with van der Waals surface area (Å²) in [5.41, 5.74) is 3.26. The molecule has 30 heavy (non-hydrogen) atoms. The molecule has 0 saturated carbocycles. The van der Waals surface area contributed by atoms with Crippen LogP contribution in [-0.2, 0) is 32.7 Å². The number of sulfonamides is 1. The first-order valence-electron chi connectivity index (χ1n) is 9.89. The fourth-order valence-electron chi connectivity index (χ4n) is 3.52. The highest BCUT2D eigenvalue weighted by atomic mass is 32.2. The maximum Gasteiger partial charge on any atom is 0.241 e. The molecule has 2 aromatic rings. The van der Waals surface area contributed by atoms with Crippen molar-refractivity contribution in [1.82, 2.24) is 10.2 Å². The minimum absolute atomic E-state index is 0.149. The number of hydrogen-bond acceptors (Lipinski definition) is 4. The molecule has 1 saturated heterocycles. The molecule has 1 aliphatic heterocycles. The Morgan fingerprint density at radius 3 is 2.50 bits per heavy atom. The van der Waals surface area contributed by atoms with Gasteiger partial charge in [0.2, 0.25) is 21.8 Å². The number of nitrogens with zero attached hydrogens (tertiary/aromatic N) is 2. The summed E-state index contributed by atoms with van der Waals surface area (Å²) in [7, 11) is -3.61. The van der Waals surface area contributed by atoms with Crippen molar-refractivity contribution in [2.24, 2.45) is 0 Å². The Morgan fingerprint density at radius 1 is 1.13 bits per heavy atom. The molecule has 1 fully saturated rings. The third kappa shape index (κ3) is 5.60. The average Bonchev–Trinajstić information content (AvgIpc) is 3.09. The topological polar surface area (TPSA) is 86.8 Å². The van der Waals surface area contributed by atoms with Gasteiger partial charge in [-0.2, -0.15) is 0 Å². The van der Waals surface area contributed by atoms with Crippen LogP contribution in [0.5, 0.6) is 0 Å². The molecule has 0 aromatic heterocycles. The van der Waals surface area contributed by atoms with Gasteiger partial charge in [-0.3, -0.25) is 13.9 Å². The lowest BCUT2D eigenvalue weighted by molar-refractivity contribution is -0.128. The van der Waals surface area contributed by atoms with Crippen molar-refractivity contribution in [3.63, 3.8) is 0 Å². The highest BCUT2D eigenvalue weighted by Gasteiger charge is 2.22. The molecule has 7 nitrogen and oxygen atoms in total. The van der Waals surface area contributed by atoms with Crippen LogP contribution in [0.4, 0.5) is 5.69 Å². The highest BCUT2D eigenvalue weighted by Crippen LogP contribution is 2.19. The molecule has 1 heterocycles. The van der Waals surface area contributed by atoms with E-state index in [1.807, 2.05) is 42.2 Å². The molecule has 0 aliphatic carbocycles. The maximum atomic E-state index is 12.6. The van der Waals surface area contributed by atoms with Gasteiger partial charge in [-0.1, -0.05) is 36.4 Å². The van der Waals surface area contributed by atoms with Crippen molar-refractivity contribution in [3.8, 4) is 0 Å². The SMILES string of the molecule is Cc1cccc(N(CC(=O)NCc2ccccc2CN2CCCC2=O)S(C)(=O)=O)c1. The molecule has 0 unspecified atom stereocenters. The van der Waals surface area contributed by atoms with Crippen molar-refractivity contribution in [2.75, 3.05) is 23.7 Å². The number of nitrogens with one attached hydrogen (secondary N) is 1. The Hall–Kier alpha value is -2.87. The number of likely N-dealkylation sites (tertiary alicyclic amines) is 1. The van der Waals surface area contributed by atoms with Gasteiger partial charge in [-0.15, -0.1) is 0 Å². The zero-order valence-electron chi connectivity index (χ0n) is 17.3. The van der Waals surface area contributed by atoms with E-state index in [4.69, 9.17) is 0 Å². The van der Waals surface area contributed by atoms with Gasteiger partial charge in [-0.05, 0) is 42.2 Å². The van der Waals surface area contributed by atoms with E-state index in [2.05, 4.69) is 5.32 Å². The summed E-state index contributed by atoms with van der Waals surface area (Å²) in [5, 5.41) is 2.81. The second-order valence-corrected chi connectivity index (χ2v) is 9.48. The van der Waals surface area contributed by atoms with Crippen molar-refractivity contribution in [2.45, 2.75) is 32.9 Å². The van der Waals surface area contributed by atoms with E-state index in [9.17, 15) is 18.0 Å². The second kappa shape index (κ2) is 9.30. The molecule has 3 rings (SSSR count). The number of benzene rings is 2. The lowest BCUT2D eigenvalue weighted by Gasteiger charge is -2.22. The van der Waals surface area contributed by atoms with Gasteiger partial charge in [0, 0.05) is 26.1 Å². The Balaban J connectivity index is 1.67. The Kier molecular flexibility index (Phi) is 6.77. The van der Waals surface area contributed by atoms with Crippen LogP contribution in [0.25, 0.3) is 0 Å². The average molecular weight is 430 g/mol. The fraction of sp³-hybridized carbons (Fsp3) is 0.364. The Labute approximate surface area is 177 Å². The number of carbonyl (C=O) groups is 2. The highest BCUT2D eigenvalue weighted by molar-refractivity contribution is 7.92. The first-order valence-corrected chi connectivity index (χ1v) is 11.7. The van der Waals surface area contributed by atoms with Gasteiger partial charge in [-0.25, -0.2) is 8.42 Å². The molecule has 2 amide bonds. The fourth-order valence-corrected chi connectivity index (χ4v) is 4.37. The van der Waals surface area contributed by atoms with Crippen LogP contribution in [0.1, 0.15) is 29.5 Å². The number of hydrogen-bond donors (Lipinski definition) is 1. The smallest absolute Gasteiger partial charge is 0.241 e. The van der Waals surface area contributed by atoms with E-state index in [0.717, 1.165) is 40.2 Å². The first-order chi connectivity index (χ1) is 14.2. The van der Waals surface area contributed by atoms with E-state index in [-0.39, 0.29) is 19.0 Å². The number of carbonyl (C=O) groups excluding carboxylic acids is 2. The van der Waals surface area contributed by atoms with Gasteiger partial charge in [0.1, 0.15) is 6.54 Å². The van der Waals surface area contributed by atoms with Gasteiger partial charge < -0.3 is 10.2 Å². The third-order valence-corrected chi connectivity index (χ3v) is 6.24. The van der Waals surface area contributed by atoms with Gasteiger partial charge >= 0.3 is 0 Å². The molecule has 0 spiro atoms. The molecule has 0 bridgehead atoms. The van der Waals surface area contributed by atoms with E-state index < -0.39 is 15.9 Å². The lowest BCUT2D eigenvalue weighted by Crippen LogP contribution is -2.40. The van der Waals surface area contributed by atoms with Crippen molar-refractivity contribution < 1.29 is 18.0 Å². The van der Waals surface area contributed by atoms with Crippen LogP contribution in [0, 0.1) is 6.92 Å². The molecule has 0 radical (unpaired) electrons. The summed E-state index contributed by atoms with van der Waals surface area (Å²) in [6.07, 6.45) is 2.54. The zero-order valence-corrected chi connectivity index (χ0v) is 18.1. The number of aryl methyl sites for hydroxylation is 1. The predicted octanol–water partition coefficient (Wildman–Crippen LogP) is 2.20. The zero-order chi connectivity index (χ0) is 21.7. The van der Waals surface area contributed by atoms with Crippen molar-refractivity contribution in [3.05, 3.63) is 65.2 Å². The molecule has 1 aliphatic rings. The largest absolute Gasteiger partial charge is 0.350 e. The van der Waals surface area contributed by atoms with Crippen LogP contribution in [0.3, 0.4) is 0 Å². The maximum absolute atomic E-state index is 12.6. The van der Waals surface area contributed by atoms with Gasteiger partial charge in [0.05, 0.1) is 11.9 Å². The third-order valence-electron chi connectivity index (χ3n) is 5.10. The summed E-state index contributed by atoms with van der Waals surface area (Å²) in [6.45, 7) is 3.10. The molecule has 1 N–H and O–H groups in total. The van der Waals surface area contributed by atoms with Crippen LogP contribution in [-0.4, -0.2) is 44.5 Å². The summed E-state index contributed by atoms with van der Waals surface area (Å²) in [5.74, 6) is -0.246. The number of anilines is 1. The van der Waals surface area contributed by atoms with Crippen LogP contribution >= 0.6 is 0 Å². The van der Waals surface area contributed by atoms with Crippen LogP contribution in [0.2, 0.25) is 0 Å². The van der Waals surface area contributed by atoms with Crippen molar-refractivity contribution >= 4 is 27.5 Å². The number of rotatable bonds is 8. The molecular weight excluding hydrogens is 402 g/mol. The molecule has 0 atom stereocenters. The number of amides is 2. The first kappa shape index (κ1) is 21.8. The van der Waals surface area contributed by atoms with Crippen molar-refractivity contribution in [1.29, 1.82) is 0 Å². The normalized spacial score (nSPS) is 14.1. The van der Waals surface area contributed by atoms with Crippen LogP contribution < -0.4 is 9.62 Å². The Bertz CT molecular complexity index is 1040. The quantitative estimate of drug-likeness (QED) is 0.697. The van der Waals surface area contributed by atoms with E-state index in [1.165, 1.54) is 0 Å². The monoisotopic (exact) mass is 429 g/mol. The Morgan fingerprint density at radius 2 is 1.87 bits per heavy atom. The minimum Gasteiger partial charge on any atom is -0.350 e. The van der Waals surface area contributed by atoms with E-state index in [0.29, 0.717) is 18.7 Å². The summed E-state index contributed by atoms with van der Waals surface area (Å²) in [6, 6.07) is 14.7. The predicted molar refractivity (Wildman–Crippen MR) is 116 cm³/mol. The molecule has 2 aromatic carbocycles. The van der Waals surface area contributed by atoms with Gasteiger partial charge in [0.25, 0.3) is 0 Å². The summed E-state index contributed by atoms with van der Waals surface area (Å²) in [4.78, 5) is 26.3. The molecule has 8 heteroatoms. The molecule has 160 valence electrons. The molecular formula is C22H27N3O4S. The lowest BCUT2D eigenvalue weighted by atomic mass is 10.1. The minimum atomic E-state index is -3.61. The standard InChI is InChI=1S/C22H27N3O4S/c1-17-7-5-10-20(13-17)25(30(2,28)29)16-21(26)23-14-18-8-3-4-9-19(18)15-24-12-6-11-22(24)27/h3-5,7-10,13H,6,11-12,14-16H2,1-2H3,(H,23,26). The van der Waals surface area contributed by atoms with Gasteiger partial charge in [0.15, 0.2) is 0 Å².